The summed E-state index contributed by atoms with van der Waals surface area (Å²) in [6.07, 6.45) is 1.99. The van der Waals surface area contributed by atoms with Crippen molar-refractivity contribution < 1.29 is 9.90 Å². The molecule has 0 unspecified atom stereocenters. The molecule has 0 spiro atoms. The summed E-state index contributed by atoms with van der Waals surface area (Å²) < 4.78 is 2.05. The lowest BCUT2D eigenvalue weighted by Gasteiger charge is -2.04. The molecule has 0 amide bonds. The van der Waals surface area contributed by atoms with E-state index < -0.39 is 5.97 Å². The Balaban J connectivity index is 2.10. The molecule has 2 aromatic heterocycles. The van der Waals surface area contributed by atoms with Gasteiger partial charge in [0, 0.05) is 16.1 Å². The Kier molecular flexibility index (Phi) is 4.14. The maximum Gasteiger partial charge on any atom is 0.307 e. The van der Waals surface area contributed by atoms with E-state index >= 15 is 0 Å². The number of fused-ring (bicyclic) bond motifs is 1. The van der Waals surface area contributed by atoms with Gasteiger partial charge in [-0.05, 0) is 54.4 Å². The van der Waals surface area contributed by atoms with Crippen molar-refractivity contribution in [3.05, 3.63) is 64.8 Å². The van der Waals surface area contributed by atoms with Crippen molar-refractivity contribution in [2.24, 2.45) is 0 Å². The molecular formula is C17H14ClNO2S. The van der Waals surface area contributed by atoms with Crippen LogP contribution in [0.2, 0.25) is 5.02 Å². The summed E-state index contributed by atoms with van der Waals surface area (Å²) in [5, 5.41) is 10.9. The molecule has 112 valence electrons. The number of aromatic nitrogens is 1. The van der Waals surface area contributed by atoms with Crippen molar-refractivity contribution in [3.8, 4) is 0 Å². The van der Waals surface area contributed by atoms with Crippen LogP contribution in [0.3, 0.4) is 0 Å². The quantitative estimate of drug-likeness (QED) is 0.754. The van der Waals surface area contributed by atoms with E-state index in [9.17, 15) is 4.79 Å². The Bertz CT molecular complexity index is 840. The molecule has 0 bridgehead atoms. The molecule has 0 aliphatic rings. The molecule has 0 saturated carbocycles. The van der Waals surface area contributed by atoms with E-state index in [1.807, 2.05) is 60.0 Å². The number of halogens is 1. The summed E-state index contributed by atoms with van der Waals surface area (Å²) in [6.45, 7) is 1.98. The maximum absolute atomic E-state index is 11.1. The van der Waals surface area contributed by atoms with Gasteiger partial charge in [0.2, 0.25) is 0 Å². The number of hydrogen-bond acceptors (Lipinski definition) is 2. The van der Waals surface area contributed by atoms with E-state index in [1.54, 1.807) is 11.8 Å². The Morgan fingerprint density at radius 1 is 1.23 bits per heavy atom. The first-order valence-electron chi connectivity index (χ1n) is 6.80. The molecule has 0 atom stereocenters. The van der Waals surface area contributed by atoms with Gasteiger partial charge in [-0.25, -0.2) is 0 Å². The average Bonchev–Trinajstić information content (AvgIpc) is 2.75. The average molecular weight is 332 g/mol. The molecule has 0 aliphatic carbocycles. The summed E-state index contributed by atoms with van der Waals surface area (Å²) in [6, 6.07) is 13.5. The fourth-order valence-corrected chi connectivity index (χ4v) is 3.64. The number of pyridine rings is 1. The predicted octanol–water partition coefficient (Wildman–Crippen LogP) is 4.68. The van der Waals surface area contributed by atoms with E-state index in [1.165, 1.54) is 0 Å². The molecule has 0 radical (unpaired) electrons. The largest absolute Gasteiger partial charge is 0.481 e. The number of rotatable bonds is 4. The third kappa shape index (κ3) is 2.85. The van der Waals surface area contributed by atoms with Crippen molar-refractivity contribution in [2.75, 3.05) is 0 Å². The van der Waals surface area contributed by atoms with Gasteiger partial charge in [-0.1, -0.05) is 29.4 Å². The van der Waals surface area contributed by atoms with Gasteiger partial charge in [-0.2, -0.15) is 0 Å². The van der Waals surface area contributed by atoms with Crippen LogP contribution < -0.4 is 0 Å². The lowest BCUT2D eigenvalue weighted by atomic mass is 10.1. The molecule has 0 fully saturated rings. The fourth-order valence-electron chi connectivity index (χ4n) is 2.48. The number of carbonyl (C=O) groups is 1. The summed E-state index contributed by atoms with van der Waals surface area (Å²) >= 11 is 7.53. The van der Waals surface area contributed by atoms with Crippen molar-refractivity contribution in [1.82, 2.24) is 4.40 Å². The number of aliphatic carboxylic acids is 1. The zero-order valence-corrected chi connectivity index (χ0v) is 13.5. The van der Waals surface area contributed by atoms with Crippen LogP contribution >= 0.6 is 23.4 Å². The summed E-state index contributed by atoms with van der Waals surface area (Å²) in [5.41, 5.74) is 2.82. The molecular weight excluding hydrogens is 318 g/mol. The second-order valence-electron chi connectivity index (χ2n) is 4.99. The Hall–Kier alpha value is -1.91. The van der Waals surface area contributed by atoms with Gasteiger partial charge < -0.3 is 9.51 Å². The number of carboxylic acids is 1. The minimum absolute atomic E-state index is 0.0283. The summed E-state index contributed by atoms with van der Waals surface area (Å²) in [7, 11) is 0. The normalized spacial score (nSPS) is 11.0. The summed E-state index contributed by atoms with van der Waals surface area (Å²) in [4.78, 5) is 12.2. The molecule has 0 aliphatic heterocycles. The zero-order valence-electron chi connectivity index (χ0n) is 11.9. The first-order chi connectivity index (χ1) is 10.6. The highest BCUT2D eigenvalue weighted by atomic mass is 35.5. The molecule has 22 heavy (non-hydrogen) atoms. The zero-order chi connectivity index (χ0) is 15.7. The third-order valence-electron chi connectivity index (χ3n) is 3.52. The monoisotopic (exact) mass is 331 g/mol. The van der Waals surface area contributed by atoms with E-state index in [0.29, 0.717) is 5.02 Å². The SMILES string of the molecule is Cc1c(CC(=O)O)c2ccccn2c1Sc1ccc(Cl)cc1. The van der Waals surface area contributed by atoms with Crippen LogP contribution in [0.15, 0.2) is 58.6 Å². The molecule has 3 aromatic rings. The van der Waals surface area contributed by atoms with Crippen LogP contribution in [0, 0.1) is 6.92 Å². The van der Waals surface area contributed by atoms with Crippen molar-refractivity contribution >= 4 is 34.8 Å². The minimum atomic E-state index is -0.817. The van der Waals surface area contributed by atoms with Gasteiger partial charge in [0.25, 0.3) is 0 Å². The van der Waals surface area contributed by atoms with E-state index in [4.69, 9.17) is 16.7 Å². The molecule has 1 N–H and O–H groups in total. The van der Waals surface area contributed by atoms with Crippen molar-refractivity contribution in [2.45, 2.75) is 23.3 Å². The molecule has 3 nitrogen and oxygen atoms in total. The van der Waals surface area contributed by atoms with E-state index in [0.717, 1.165) is 26.6 Å². The Morgan fingerprint density at radius 2 is 1.95 bits per heavy atom. The fraction of sp³-hybridized carbons (Fsp3) is 0.118. The highest BCUT2D eigenvalue weighted by molar-refractivity contribution is 7.99. The van der Waals surface area contributed by atoms with Gasteiger partial charge in [0.05, 0.1) is 17.0 Å². The summed E-state index contributed by atoms with van der Waals surface area (Å²) in [5.74, 6) is -0.817. The molecule has 0 saturated heterocycles. The van der Waals surface area contributed by atoms with E-state index in [-0.39, 0.29) is 6.42 Å². The van der Waals surface area contributed by atoms with Crippen LogP contribution in [-0.4, -0.2) is 15.5 Å². The van der Waals surface area contributed by atoms with Gasteiger partial charge >= 0.3 is 5.97 Å². The first kappa shape index (κ1) is 15.0. The highest BCUT2D eigenvalue weighted by Crippen LogP contribution is 2.36. The molecule has 3 rings (SSSR count). The topological polar surface area (TPSA) is 41.7 Å². The van der Waals surface area contributed by atoms with Gasteiger partial charge in [-0.3, -0.25) is 4.79 Å². The number of carboxylic acid groups (broad SMARTS) is 1. The Labute approximate surface area is 137 Å². The minimum Gasteiger partial charge on any atom is -0.481 e. The van der Waals surface area contributed by atoms with Crippen molar-refractivity contribution in [1.29, 1.82) is 0 Å². The number of nitrogens with zero attached hydrogens (tertiary/aromatic N) is 1. The van der Waals surface area contributed by atoms with Crippen LogP contribution in [-0.2, 0) is 11.2 Å². The second-order valence-corrected chi connectivity index (χ2v) is 6.49. The third-order valence-corrected chi connectivity index (χ3v) is 4.97. The van der Waals surface area contributed by atoms with Crippen LogP contribution in [0.25, 0.3) is 5.52 Å². The lowest BCUT2D eigenvalue weighted by Crippen LogP contribution is -2.00. The van der Waals surface area contributed by atoms with Crippen LogP contribution in [0.4, 0.5) is 0 Å². The van der Waals surface area contributed by atoms with Gasteiger partial charge in [0.1, 0.15) is 0 Å². The standard InChI is InChI=1S/C17H14ClNO2S/c1-11-14(10-16(20)21)15-4-2-3-9-19(15)17(11)22-13-7-5-12(18)6-8-13/h2-9H,10H2,1H3,(H,20,21). The van der Waals surface area contributed by atoms with E-state index in [2.05, 4.69) is 0 Å². The number of hydrogen-bond donors (Lipinski definition) is 1. The first-order valence-corrected chi connectivity index (χ1v) is 7.99. The molecule has 5 heteroatoms. The van der Waals surface area contributed by atoms with Crippen LogP contribution in [0.1, 0.15) is 11.1 Å². The maximum atomic E-state index is 11.1. The van der Waals surface area contributed by atoms with Crippen LogP contribution in [0.5, 0.6) is 0 Å². The molecule has 1 aromatic carbocycles. The Morgan fingerprint density at radius 3 is 2.64 bits per heavy atom. The lowest BCUT2D eigenvalue weighted by molar-refractivity contribution is -0.136. The van der Waals surface area contributed by atoms with Crippen molar-refractivity contribution in [3.63, 3.8) is 0 Å². The predicted molar refractivity (Wildman–Crippen MR) is 89.0 cm³/mol. The second kappa shape index (κ2) is 6.07. The van der Waals surface area contributed by atoms with Gasteiger partial charge in [0.15, 0.2) is 0 Å². The number of benzene rings is 1. The smallest absolute Gasteiger partial charge is 0.307 e. The van der Waals surface area contributed by atoms with Gasteiger partial charge in [-0.15, -0.1) is 0 Å². The highest BCUT2D eigenvalue weighted by Gasteiger charge is 2.17. The molecule has 2 heterocycles.